The molecule has 0 atom stereocenters. The van der Waals surface area contributed by atoms with Crippen LogP contribution in [-0.2, 0) is 6.42 Å². The fourth-order valence-electron chi connectivity index (χ4n) is 4.46. The minimum atomic E-state index is -0.296. The second-order valence-electron chi connectivity index (χ2n) is 8.94. The summed E-state index contributed by atoms with van der Waals surface area (Å²) in [6.07, 6.45) is 0.608. The van der Waals surface area contributed by atoms with Crippen LogP contribution in [0.3, 0.4) is 0 Å². The highest BCUT2D eigenvalue weighted by atomic mass is 16.5. The van der Waals surface area contributed by atoms with Gasteiger partial charge in [0.1, 0.15) is 16.9 Å². The van der Waals surface area contributed by atoms with Gasteiger partial charge < -0.3 is 20.5 Å². The lowest BCUT2D eigenvalue weighted by Crippen LogP contribution is -2.26. The smallest absolute Gasteiger partial charge is 0.257 e. The van der Waals surface area contributed by atoms with Crippen LogP contribution in [-0.4, -0.2) is 41.2 Å². The fraction of sp³-hybridized carbons (Fsp3) is 0.207. The van der Waals surface area contributed by atoms with Gasteiger partial charge >= 0.3 is 0 Å². The summed E-state index contributed by atoms with van der Waals surface area (Å²) in [5.74, 6) is 1.31. The van der Waals surface area contributed by atoms with Crippen LogP contribution in [0.1, 0.15) is 27.0 Å². The highest BCUT2D eigenvalue weighted by Gasteiger charge is 2.25. The number of carbonyl (C=O) groups excluding carboxylic acids is 1. The van der Waals surface area contributed by atoms with Gasteiger partial charge in [-0.1, -0.05) is 24.3 Å². The number of anilines is 1. The molecule has 5 aromatic rings. The molecular weight excluding hydrogens is 466 g/mol. The molecule has 2 aromatic heterocycles. The summed E-state index contributed by atoms with van der Waals surface area (Å²) in [4.78, 5) is 23.1. The number of nitrogens with zero attached hydrogens (tertiary/aromatic N) is 3. The molecule has 8 heteroatoms. The summed E-state index contributed by atoms with van der Waals surface area (Å²) in [6.45, 7) is 4.51. The molecule has 2 heterocycles. The highest BCUT2D eigenvalue weighted by molar-refractivity contribution is 6.11. The van der Waals surface area contributed by atoms with Crippen LogP contribution in [0.25, 0.3) is 27.9 Å². The third-order valence-corrected chi connectivity index (χ3v) is 6.62. The molecule has 0 unspecified atom stereocenters. The maximum Gasteiger partial charge on any atom is 0.257 e. The Kier molecular flexibility index (Phi) is 6.40. The number of aryl methyl sites for hydroxylation is 2. The van der Waals surface area contributed by atoms with Crippen LogP contribution >= 0.6 is 0 Å². The van der Waals surface area contributed by atoms with Gasteiger partial charge in [-0.3, -0.25) is 9.36 Å². The van der Waals surface area contributed by atoms with E-state index in [1.54, 1.807) is 14.2 Å². The second-order valence-corrected chi connectivity index (χ2v) is 8.94. The predicted molar refractivity (Wildman–Crippen MR) is 146 cm³/mol. The highest BCUT2D eigenvalue weighted by Crippen LogP contribution is 2.32. The van der Waals surface area contributed by atoms with Crippen molar-refractivity contribution >= 4 is 33.9 Å². The summed E-state index contributed by atoms with van der Waals surface area (Å²) < 4.78 is 12.5. The molecular formula is C29H29N5O3. The zero-order chi connectivity index (χ0) is 26.1. The number of para-hydroxylation sites is 2. The van der Waals surface area contributed by atoms with E-state index in [0.717, 1.165) is 22.3 Å². The molecule has 1 amide bonds. The Hall–Kier alpha value is -4.59. The molecule has 0 aliphatic rings. The van der Waals surface area contributed by atoms with Crippen molar-refractivity contribution in [2.75, 3.05) is 26.5 Å². The molecule has 0 aliphatic heterocycles. The Balaban J connectivity index is 1.52. The van der Waals surface area contributed by atoms with Crippen molar-refractivity contribution in [2.45, 2.75) is 20.3 Å². The summed E-state index contributed by atoms with van der Waals surface area (Å²) >= 11 is 0. The van der Waals surface area contributed by atoms with E-state index < -0.39 is 0 Å². The average molecular weight is 496 g/mol. The van der Waals surface area contributed by atoms with Gasteiger partial charge in [0.15, 0.2) is 17.1 Å². The molecule has 0 fully saturated rings. The van der Waals surface area contributed by atoms with Crippen molar-refractivity contribution < 1.29 is 14.3 Å². The van der Waals surface area contributed by atoms with Gasteiger partial charge in [0, 0.05) is 12.2 Å². The van der Waals surface area contributed by atoms with E-state index in [9.17, 15) is 4.79 Å². The number of methoxy groups -OCH3 is 2. The lowest BCUT2D eigenvalue weighted by atomic mass is 10.1. The third kappa shape index (κ3) is 4.42. The summed E-state index contributed by atoms with van der Waals surface area (Å²) in [7, 11) is 3.20. The number of rotatable bonds is 7. The molecule has 8 nitrogen and oxygen atoms in total. The number of aromatic nitrogens is 3. The first-order chi connectivity index (χ1) is 17.9. The van der Waals surface area contributed by atoms with Gasteiger partial charge in [-0.15, -0.1) is 0 Å². The van der Waals surface area contributed by atoms with Gasteiger partial charge in [0.25, 0.3) is 5.91 Å². The molecule has 0 aliphatic carbocycles. The Labute approximate surface area is 215 Å². The molecule has 0 saturated carbocycles. The van der Waals surface area contributed by atoms with E-state index in [4.69, 9.17) is 25.2 Å². The maximum atomic E-state index is 13.5. The zero-order valence-corrected chi connectivity index (χ0v) is 21.3. The van der Waals surface area contributed by atoms with Gasteiger partial charge in [-0.25, -0.2) is 9.97 Å². The van der Waals surface area contributed by atoms with E-state index in [2.05, 4.69) is 12.2 Å². The van der Waals surface area contributed by atoms with Crippen molar-refractivity contribution in [3.8, 4) is 17.2 Å². The number of nitrogens with two attached hydrogens (primary N) is 1. The monoisotopic (exact) mass is 495 g/mol. The lowest BCUT2D eigenvalue weighted by Gasteiger charge is -2.11. The number of benzene rings is 3. The van der Waals surface area contributed by atoms with Crippen molar-refractivity contribution in [1.29, 1.82) is 0 Å². The quantitative estimate of drug-likeness (QED) is 0.337. The Morgan fingerprint density at radius 1 is 0.919 bits per heavy atom. The Morgan fingerprint density at radius 3 is 2.35 bits per heavy atom. The van der Waals surface area contributed by atoms with Crippen molar-refractivity contribution in [3.05, 3.63) is 82.9 Å². The Bertz CT molecular complexity index is 1640. The number of amides is 1. The lowest BCUT2D eigenvalue weighted by molar-refractivity contribution is 0.0956. The molecule has 0 saturated heterocycles. The number of hydrogen-bond acceptors (Lipinski definition) is 6. The van der Waals surface area contributed by atoms with Crippen LogP contribution in [0.4, 0.5) is 5.82 Å². The molecule has 0 bridgehead atoms. The van der Waals surface area contributed by atoms with Crippen molar-refractivity contribution in [2.24, 2.45) is 0 Å². The Morgan fingerprint density at radius 2 is 1.65 bits per heavy atom. The van der Waals surface area contributed by atoms with E-state index >= 15 is 0 Å². The van der Waals surface area contributed by atoms with Crippen molar-refractivity contribution in [3.63, 3.8) is 0 Å². The first-order valence-electron chi connectivity index (χ1n) is 12.0. The van der Waals surface area contributed by atoms with Crippen molar-refractivity contribution in [1.82, 2.24) is 19.9 Å². The topological polar surface area (TPSA) is 104 Å². The van der Waals surface area contributed by atoms with Gasteiger partial charge in [0.2, 0.25) is 0 Å². The molecule has 0 spiro atoms. The summed E-state index contributed by atoms with van der Waals surface area (Å²) in [5.41, 5.74) is 13.5. The van der Waals surface area contributed by atoms with Gasteiger partial charge in [0.05, 0.1) is 25.3 Å². The molecule has 188 valence electrons. The fourth-order valence-corrected chi connectivity index (χ4v) is 4.46. The third-order valence-electron chi connectivity index (χ3n) is 6.62. The molecule has 3 N–H and O–H groups in total. The van der Waals surface area contributed by atoms with Crippen LogP contribution in [0.2, 0.25) is 0 Å². The van der Waals surface area contributed by atoms with E-state index in [0.29, 0.717) is 52.5 Å². The van der Waals surface area contributed by atoms with Crippen LogP contribution in [0.5, 0.6) is 11.5 Å². The van der Waals surface area contributed by atoms with E-state index in [1.165, 1.54) is 5.56 Å². The van der Waals surface area contributed by atoms with Crippen LogP contribution < -0.4 is 20.5 Å². The predicted octanol–water partition coefficient (Wildman–Crippen LogP) is 4.76. The maximum absolute atomic E-state index is 13.5. The van der Waals surface area contributed by atoms with Gasteiger partial charge in [-0.2, -0.15) is 0 Å². The van der Waals surface area contributed by atoms with Crippen LogP contribution in [0, 0.1) is 13.8 Å². The number of nitrogen functional groups attached to an aromatic ring is 1. The van der Waals surface area contributed by atoms with E-state index in [-0.39, 0.29) is 5.91 Å². The SMILES string of the molecule is COc1ccc(CCNC(=O)c2c(N)n(-c3ccc(C)c(C)c3)c3nc4ccccc4nc23)cc1OC. The summed E-state index contributed by atoms with van der Waals surface area (Å²) in [6, 6.07) is 19.4. The van der Waals surface area contributed by atoms with Crippen LogP contribution in [0.15, 0.2) is 60.7 Å². The molecule has 3 aromatic carbocycles. The first kappa shape index (κ1) is 24.1. The molecule has 0 radical (unpaired) electrons. The standard InChI is InChI=1S/C29H29N5O3/c1-17-9-11-20(15-18(17)2)34-27(30)25(26-28(34)33-22-8-6-5-7-21(22)32-26)29(35)31-14-13-19-10-12-23(36-3)24(16-19)37-4/h5-12,15-16H,13-14,30H2,1-4H3,(H,31,35). The number of nitrogens with one attached hydrogen (secondary N) is 1. The zero-order valence-electron chi connectivity index (χ0n) is 21.3. The number of ether oxygens (including phenoxy) is 2. The second kappa shape index (κ2) is 9.81. The molecule has 5 rings (SSSR count). The van der Waals surface area contributed by atoms with Gasteiger partial charge in [-0.05, 0) is 73.4 Å². The number of fused-ring (bicyclic) bond motifs is 2. The number of carbonyl (C=O) groups is 1. The largest absolute Gasteiger partial charge is 0.493 e. The summed E-state index contributed by atoms with van der Waals surface area (Å²) in [5, 5.41) is 3.01. The first-order valence-corrected chi connectivity index (χ1v) is 12.0. The van der Waals surface area contributed by atoms with E-state index in [1.807, 2.05) is 72.2 Å². The minimum Gasteiger partial charge on any atom is -0.493 e. The number of hydrogen-bond donors (Lipinski definition) is 2. The molecule has 37 heavy (non-hydrogen) atoms. The normalized spacial score (nSPS) is 11.1. The average Bonchev–Trinajstić information content (AvgIpc) is 3.19. The minimum absolute atomic E-state index is 0.296.